The molecule has 0 unspecified atom stereocenters. The number of guanidine groups is 1. The number of sulfonamides is 1. The summed E-state index contributed by atoms with van der Waals surface area (Å²) in [6, 6.07) is 0. The summed E-state index contributed by atoms with van der Waals surface area (Å²) in [6.07, 6.45) is 6.61. The Morgan fingerprint density at radius 2 is 1.93 bits per heavy atom. The van der Waals surface area contributed by atoms with Crippen molar-refractivity contribution in [1.29, 1.82) is 0 Å². The first-order valence-corrected chi connectivity index (χ1v) is 11.7. The van der Waals surface area contributed by atoms with Crippen LogP contribution >= 0.6 is 0 Å². The Hall–Kier alpha value is -0.900. The number of likely N-dealkylation sites (tertiary alicyclic amines) is 1. The van der Waals surface area contributed by atoms with E-state index in [-0.39, 0.29) is 11.9 Å². The van der Waals surface area contributed by atoms with E-state index in [1.807, 2.05) is 0 Å². The zero-order valence-corrected chi connectivity index (χ0v) is 17.6. The van der Waals surface area contributed by atoms with Crippen molar-refractivity contribution in [1.82, 2.24) is 14.9 Å². The van der Waals surface area contributed by atoms with Crippen molar-refractivity contribution in [3.63, 3.8) is 0 Å². The maximum atomic E-state index is 12.1. The van der Waals surface area contributed by atoms with Crippen LogP contribution in [0.15, 0.2) is 4.99 Å². The van der Waals surface area contributed by atoms with Crippen LogP contribution in [0.2, 0.25) is 0 Å². The van der Waals surface area contributed by atoms with Crippen LogP contribution in [0, 0.1) is 5.92 Å². The Kier molecular flexibility index (Phi) is 9.81. The Morgan fingerprint density at radius 1 is 1.19 bits per heavy atom. The van der Waals surface area contributed by atoms with Crippen molar-refractivity contribution in [2.45, 2.75) is 44.6 Å². The molecule has 2 N–H and O–H groups in total. The molecule has 9 heteroatoms. The average Bonchev–Trinajstić information content (AvgIpc) is 2.62. The molecule has 158 valence electrons. The second kappa shape index (κ2) is 11.8. The molecular weight excluding hydrogens is 368 g/mol. The van der Waals surface area contributed by atoms with Gasteiger partial charge in [-0.15, -0.1) is 0 Å². The van der Waals surface area contributed by atoms with Gasteiger partial charge in [-0.2, -0.15) is 0 Å². The van der Waals surface area contributed by atoms with Crippen molar-refractivity contribution in [3.8, 4) is 0 Å². The summed E-state index contributed by atoms with van der Waals surface area (Å²) in [5.41, 5.74) is 0. The molecule has 8 nitrogen and oxygen atoms in total. The second-order valence-corrected chi connectivity index (χ2v) is 9.27. The van der Waals surface area contributed by atoms with Gasteiger partial charge in [0.25, 0.3) is 0 Å². The van der Waals surface area contributed by atoms with Crippen molar-refractivity contribution in [2.24, 2.45) is 10.9 Å². The molecule has 0 bridgehead atoms. The van der Waals surface area contributed by atoms with Gasteiger partial charge in [-0.25, -0.2) is 13.1 Å². The lowest BCUT2D eigenvalue weighted by atomic mass is 9.86. The molecule has 0 aromatic rings. The van der Waals surface area contributed by atoms with Crippen LogP contribution in [0.25, 0.3) is 0 Å². The van der Waals surface area contributed by atoms with E-state index in [0.717, 1.165) is 64.4 Å². The lowest BCUT2D eigenvalue weighted by Gasteiger charge is -2.34. The van der Waals surface area contributed by atoms with Gasteiger partial charge < -0.3 is 19.7 Å². The highest BCUT2D eigenvalue weighted by Crippen LogP contribution is 2.25. The van der Waals surface area contributed by atoms with Crippen molar-refractivity contribution in [3.05, 3.63) is 0 Å². The summed E-state index contributed by atoms with van der Waals surface area (Å²) >= 11 is 0. The summed E-state index contributed by atoms with van der Waals surface area (Å²) in [4.78, 5) is 6.47. The van der Waals surface area contributed by atoms with Gasteiger partial charge in [-0.1, -0.05) is 6.42 Å². The minimum atomic E-state index is -3.23. The fourth-order valence-corrected chi connectivity index (χ4v) is 4.34. The summed E-state index contributed by atoms with van der Waals surface area (Å²) in [7, 11) is 0.209. The monoisotopic (exact) mass is 404 g/mol. The van der Waals surface area contributed by atoms with Crippen LogP contribution in [0.5, 0.6) is 0 Å². The smallest absolute Gasteiger partial charge is 0.213 e. The highest BCUT2D eigenvalue weighted by Gasteiger charge is 2.23. The molecule has 2 fully saturated rings. The second-order valence-electron chi connectivity index (χ2n) is 7.34. The van der Waals surface area contributed by atoms with Crippen LogP contribution < -0.4 is 10.0 Å². The molecule has 1 heterocycles. The van der Waals surface area contributed by atoms with Crippen LogP contribution in [0.1, 0.15) is 38.5 Å². The van der Waals surface area contributed by atoms with E-state index in [1.54, 1.807) is 14.2 Å². The largest absolute Gasteiger partial charge is 0.385 e. The third-order valence-corrected chi connectivity index (χ3v) is 6.62. The van der Waals surface area contributed by atoms with Crippen molar-refractivity contribution in [2.75, 3.05) is 59.3 Å². The predicted octanol–water partition coefficient (Wildman–Crippen LogP) is 0.799. The minimum Gasteiger partial charge on any atom is -0.385 e. The van der Waals surface area contributed by atoms with E-state index in [2.05, 4.69) is 19.9 Å². The fourth-order valence-electron chi connectivity index (χ4n) is 3.33. The van der Waals surface area contributed by atoms with E-state index in [0.29, 0.717) is 19.0 Å². The normalized spacial score (nSPS) is 19.9. The van der Waals surface area contributed by atoms with Crippen molar-refractivity contribution >= 4 is 16.0 Å². The first-order valence-electron chi connectivity index (χ1n) is 10.1. The molecule has 1 saturated heterocycles. The SMILES string of the molecule is CN=C(NCCS(=O)(=O)NCC1CCC1)N1CCC(OCCCOC)CC1. The summed E-state index contributed by atoms with van der Waals surface area (Å²) in [5.74, 6) is 1.36. The van der Waals surface area contributed by atoms with Gasteiger partial charge in [-0.05, 0) is 38.0 Å². The van der Waals surface area contributed by atoms with Gasteiger partial charge >= 0.3 is 0 Å². The maximum Gasteiger partial charge on any atom is 0.213 e. The predicted molar refractivity (Wildman–Crippen MR) is 108 cm³/mol. The lowest BCUT2D eigenvalue weighted by molar-refractivity contribution is 0.00993. The standard InChI is InChI=1S/C18H36N4O4S/c1-19-18(20-9-14-27(23,24)21-15-16-5-3-6-16)22-10-7-17(8-11-22)26-13-4-12-25-2/h16-17,21H,3-15H2,1-2H3,(H,19,20). The topological polar surface area (TPSA) is 92.3 Å². The molecule has 1 aliphatic heterocycles. The molecular formula is C18H36N4O4S. The van der Waals surface area contributed by atoms with Gasteiger partial charge in [0.05, 0.1) is 11.9 Å². The number of methoxy groups -OCH3 is 1. The molecule has 27 heavy (non-hydrogen) atoms. The van der Waals surface area contributed by atoms with Gasteiger partial charge in [0.1, 0.15) is 0 Å². The Balaban J connectivity index is 1.62. The van der Waals surface area contributed by atoms with Crippen LogP contribution in [-0.4, -0.2) is 84.7 Å². The maximum absolute atomic E-state index is 12.1. The third kappa shape index (κ3) is 8.33. The molecule has 0 spiro atoms. The molecule has 0 aromatic carbocycles. The van der Waals surface area contributed by atoms with Crippen molar-refractivity contribution < 1.29 is 17.9 Å². The highest BCUT2D eigenvalue weighted by molar-refractivity contribution is 7.89. The van der Waals surface area contributed by atoms with Gasteiger partial charge in [0.15, 0.2) is 5.96 Å². The fraction of sp³-hybridized carbons (Fsp3) is 0.944. The van der Waals surface area contributed by atoms with Gasteiger partial charge in [0.2, 0.25) is 10.0 Å². The van der Waals surface area contributed by atoms with E-state index in [1.165, 1.54) is 6.42 Å². The first-order chi connectivity index (χ1) is 13.0. The summed E-state index contributed by atoms with van der Waals surface area (Å²) in [5, 5.41) is 3.19. The minimum absolute atomic E-state index is 0.0673. The number of hydrogen-bond donors (Lipinski definition) is 2. The molecule has 0 atom stereocenters. The molecule has 0 radical (unpaired) electrons. The lowest BCUT2D eigenvalue weighted by Crippen LogP contribution is -2.48. The third-order valence-electron chi connectivity index (χ3n) is 5.27. The van der Waals surface area contributed by atoms with E-state index in [4.69, 9.17) is 9.47 Å². The number of rotatable bonds is 11. The van der Waals surface area contributed by atoms with Crippen LogP contribution in [0.4, 0.5) is 0 Å². The molecule has 2 rings (SSSR count). The van der Waals surface area contributed by atoms with Gasteiger partial charge in [0, 0.05) is 53.6 Å². The number of piperidine rings is 1. The molecule has 0 aromatic heterocycles. The summed E-state index contributed by atoms with van der Waals surface area (Å²) < 4.78 is 37.8. The van der Waals surface area contributed by atoms with Crippen LogP contribution in [-0.2, 0) is 19.5 Å². The molecule has 0 amide bonds. The zero-order chi connectivity index (χ0) is 19.5. The molecule has 2 aliphatic rings. The number of nitrogens with one attached hydrogen (secondary N) is 2. The number of hydrogen-bond acceptors (Lipinski definition) is 5. The summed E-state index contributed by atoms with van der Waals surface area (Å²) in [6.45, 7) is 4.13. The quantitative estimate of drug-likeness (QED) is 0.301. The average molecular weight is 405 g/mol. The highest BCUT2D eigenvalue weighted by atomic mass is 32.2. The molecule has 1 aliphatic carbocycles. The molecule has 1 saturated carbocycles. The number of aliphatic imine (C=N–C) groups is 1. The Morgan fingerprint density at radius 3 is 2.52 bits per heavy atom. The van der Waals surface area contributed by atoms with Gasteiger partial charge in [-0.3, -0.25) is 4.99 Å². The number of nitrogens with zero attached hydrogens (tertiary/aromatic N) is 2. The van der Waals surface area contributed by atoms with Crippen LogP contribution in [0.3, 0.4) is 0 Å². The zero-order valence-electron chi connectivity index (χ0n) is 16.8. The Bertz CT molecular complexity index is 544. The van der Waals surface area contributed by atoms with E-state index in [9.17, 15) is 8.42 Å². The van der Waals surface area contributed by atoms with E-state index < -0.39 is 10.0 Å². The first kappa shape index (κ1) is 22.4. The van der Waals surface area contributed by atoms with E-state index >= 15 is 0 Å². The Labute approximate surface area is 164 Å². The number of ether oxygens (including phenoxy) is 2.